The Morgan fingerprint density at radius 1 is 0.513 bits per heavy atom. The number of nitrogens with one attached hydrogen (secondary N) is 2. The molecule has 4 aliphatic rings. The first-order valence-electron chi connectivity index (χ1n) is 27.0. The number of hydrogen-bond acceptors (Lipinski definition) is 10. The van der Waals surface area contributed by atoms with E-state index in [0.717, 1.165) is 168 Å². The minimum Gasteiger partial charge on any atom is -0.357 e. The van der Waals surface area contributed by atoms with Crippen molar-refractivity contribution in [1.29, 1.82) is 10.5 Å². The van der Waals surface area contributed by atoms with Crippen LogP contribution in [0.5, 0.6) is 0 Å². The first-order valence-corrected chi connectivity index (χ1v) is 27.0. The summed E-state index contributed by atoms with van der Waals surface area (Å²) in [5.41, 5.74) is 15.0. The maximum Gasteiger partial charge on any atom is 0.254 e. The zero-order valence-electron chi connectivity index (χ0n) is 44.4. The van der Waals surface area contributed by atoms with Crippen LogP contribution in [0.4, 0.5) is 11.6 Å². The van der Waals surface area contributed by atoms with E-state index in [-0.39, 0.29) is 31.6 Å². The highest BCUT2D eigenvalue weighted by molar-refractivity contribution is 5.98. The van der Waals surface area contributed by atoms with E-state index in [9.17, 15) is 9.59 Å². The van der Waals surface area contributed by atoms with E-state index >= 15 is 0 Å². The quantitative estimate of drug-likeness (QED) is 0.149. The van der Waals surface area contributed by atoms with Crippen molar-refractivity contribution < 1.29 is 9.59 Å². The number of amides is 2. The first-order chi connectivity index (χ1) is 37.0. The maximum atomic E-state index is 13.6. The fraction of sp³-hybridized carbons (Fsp3) is 0.365. The van der Waals surface area contributed by atoms with Crippen molar-refractivity contribution in [1.82, 2.24) is 39.7 Å². The third-order valence-corrected chi connectivity index (χ3v) is 16.3. The number of halogens is 1. The predicted molar refractivity (Wildman–Crippen MR) is 313 cm³/mol. The van der Waals surface area contributed by atoms with Gasteiger partial charge in [0.25, 0.3) is 11.8 Å². The van der Waals surface area contributed by atoms with Gasteiger partial charge in [0.1, 0.15) is 23.3 Å². The number of aryl methyl sites for hydroxylation is 4. The standard InChI is InChI=1S/2C31H32N6O.CH4.ClH/c2*1-20-15-21(2)26(31(38)37-13-9-24(10-14-37)23-7-5-22(18-32)6-8-23)16-25(20)30-34-27-17-29(33-19-28(27)35-30)36-11-3-4-12-36;;/h2*5-8,15-17,19,24H,3-4,9-14H2,1-2H3,(H,34,35);1H4;1H. The number of carbonyl (C=O) groups is 2. The van der Waals surface area contributed by atoms with Gasteiger partial charge < -0.3 is 29.6 Å². The van der Waals surface area contributed by atoms with Gasteiger partial charge in [-0.25, -0.2) is 19.9 Å². The second kappa shape index (κ2) is 23.7. The number of imidazole rings is 2. The number of nitrogens with zero attached hydrogens (tertiary/aromatic N) is 10. The zero-order valence-corrected chi connectivity index (χ0v) is 45.2. The summed E-state index contributed by atoms with van der Waals surface area (Å²) in [6.45, 7) is 15.2. The second-order valence-electron chi connectivity index (χ2n) is 21.2. The molecule has 4 aromatic carbocycles. The molecule has 0 aliphatic carbocycles. The molecule has 14 nitrogen and oxygen atoms in total. The Hall–Kier alpha value is -8.07. The van der Waals surface area contributed by atoms with Gasteiger partial charge >= 0.3 is 0 Å². The molecule has 0 radical (unpaired) electrons. The lowest BCUT2D eigenvalue weighted by Gasteiger charge is -2.32. The summed E-state index contributed by atoms with van der Waals surface area (Å²) in [5, 5.41) is 18.1. The summed E-state index contributed by atoms with van der Waals surface area (Å²) in [6.07, 6.45) is 12.2. The van der Waals surface area contributed by atoms with E-state index in [0.29, 0.717) is 23.0 Å². The summed E-state index contributed by atoms with van der Waals surface area (Å²) < 4.78 is 0. The van der Waals surface area contributed by atoms with Crippen LogP contribution in [0.1, 0.15) is 136 Å². The van der Waals surface area contributed by atoms with E-state index in [1.807, 2.05) is 96.7 Å². The number of hydrogen-bond donors (Lipinski definition) is 2. The number of nitriles is 2. The third kappa shape index (κ3) is 11.3. The number of H-pyrrole nitrogens is 2. The molecule has 8 heterocycles. The molecular weight excluding hydrogens is 992 g/mol. The first kappa shape index (κ1) is 54.7. The summed E-state index contributed by atoms with van der Waals surface area (Å²) in [5.74, 6) is 4.49. The molecule has 400 valence electrons. The lowest BCUT2D eigenvalue weighted by Crippen LogP contribution is -2.38. The smallest absolute Gasteiger partial charge is 0.254 e. The average molecular weight is 1060 g/mol. The number of aromatic nitrogens is 6. The van der Waals surface area contributed by atoms with Crippen LogP contribution in [0.2, 0.25) is 0 Å². The highest BCUT2D eigenvalue weighted by atomic mass is 35.5. The number of fused-ring (bicyclic) bond motifs is 2. The maximum absolute atomic E-state index is 13.6. The molecule has 4 saturated heterocycles. The topological polar surface area (TPSA) is 178 Å². The van der Waals surface area contributed by atoms with E-state index in [1.165, 1.54) is 36.8 Å². The van der Waals surface area contributed by atoms with Crippen LogP contribution >= 0.6 is 12.4 Å². The number of aromatic amines is 2. The van der Waals surface area contributed by atoms with Gasteiger partial charge in [0.15, 0.2) is 0 Å². The van der Waals surface area contributed by atoms with Crippen molar-refractivity contribution in [3.05, 3.63) is 153 Å². The van der Waals surface area contributed by atoms with Crippen LogP contribution in [-0.4, -0.2) is 104 Å². The summed E-state index contributed by atoms with van der Waals surface area (Å²) >= 11 is 0. The van der Waals surface area contributed by atoms with Gasteiger partial charge in [0.05, 0.1) is 57.7 Å². The number of benzene rings is 4. The van der Waals surface area contributed by atoms with Crippen molar-refractivity contribution in [2.45, 2.75) is 98.3 Å². The fourth-order valence-electron chi connectivity index (χ4n) is 11.8. The Morgan fingerprint density at radius 3 is 1.22 bits per heavy atom. The Labute approximate surface area is 464 Å². The van der Waals surface area contributed by atoms with Gasteiger partial charge in [-0.3, -0.25) is 9.59 Å². The lowest BCUT2D eigenvalue weighted by atomic mass is 9.88. The number of rotatable bonds is 8. The van der Waals surface area contributed by atoms with Crippen LogP contribution in [-0.2, 0) is 0 Å². The van der Waals surface area contributed by atoms with Crippen molar-refractivity contribution in [3.8, 4) is 34.9 Å². The van der Waals surface area contributed by atoms with Crippen molar-refractivity contribution in [2.24, 2.45) is 0 Å². The number of piperidine rings is 2. The number of likely N-dealkylation sites (tertiary alicyclic amines) is 2. The van der Waals surface area contributed by atoms with Crippen LogP contribution in [0, 0.1) is 50.4 Å². The molecule has 0 saturated carbocycles. The predicted octanol–water partition coefficient (Wildman–Crippen LogP) is 12.5. The SMILES string of the molecule is C.Cc1cc(C)c(-c2nc3cc(N4CCCC4)ncc3[nH]2)cc1C(=O)N1CCC(c2ccc(C#N)cc2)CC1.Cc1cc(C)c(-c2nc3cc(N4CCCC4)ncc3[nH]2)cc1C(=O)N1CCC(c2ccc(C#N)cc2)CC1.Cl. The summed E-state index contributed by atoms with van der Waals surface area (Å²) in [6, 6.07) is 32.4. The Kier molecular flexibility index (Phi) is 16.6. The highest BCUT2D eigenvalue weighted by Crippen LogP contribution is 2.35. The minimum absolute atomic E-state index is 0. The number of carbonyl (C=O) groups excluding carboxylic acids is 2. The van der Waals surface area contributed by atoms with E-state index in [4.69, 9.17) is 20.5 Å². The van der Waals surface area contributed by atoms with E-state index in [1.54, 1.807) is 0 Å². The van der Waals surface area contributed by atoms with Gasteiger partial charge in [-0.1, -0.05) is 43.8 Å². The van der Waals surface area contributed by atoms with Crippen LogP contribution in [0.15, 0.2) is 97.3 Å². The van der Waals surface area contributed by atoms with Crippen LogP contribution < -0.4 is 9.80 Å². The zero-order chi connectivity index (χ0) is 52.5. The fourth-order valence-corrected chi connectivity index (χ4v) is 11.8. The molecule has 78 heavy (non-hydrogen) atoms. The molecule has 15 heteroatoms. The largest absolute Gasteiger partial charge is 0.357 e. The molecular formula is C63H69ClN12O2. The Balaban J connectivity index is 0.000000185. The highest BCUT2D eigenvalue weighted by Gasteiger charge is 2.29. The molecule has 2 N–H and O–H groups in total. The van der Waals surface area contributed by atoms with Gasteiger partial charge in [-0.2, -0.15) is 10.5 Å². The van der Waals surface area contributed by atoms with Gasteiger partial charge in [-0.05, 0) is 161 Å². The number of anilines is 2. The van der Waals surface area contributed by atoms with E-state index in [2.05, 4.69) is 80.0 Å². The average Bonchev–Trinajstić information content (AvgIpc) is 4.43. The molecule has 0 spiro atoms. The van der Waals surface area contributed by atoms with Gasteiger partial charge in [0, 0.05) is 86.7 Å². The summed E-state index contributed by atoms with van der Waals surface area (Å²) in [7, 11) is 0. The van der Waals surface area contributed by atoms with Crippen molar-refractivity contribution in [2.75, 3.05) is 62.2 Å². The van der Waals surface area contributed by atoms with Crippen molar-refractivity contribution >= 4 is 57.9 Å². The molecule has 4 fully saturated rings. The molecule has 0 bridgehead atoms. The van der Waals surface area contributed by atoms with Gasteiger partial charge in [0.2, 0.25) is 0 Å². The Morgan fingerprint density at radius 2 is 0.872 bits per heavy atom. The van der Waals surface area contributed by atoms with Gasteiger partial charge in [-0.15, -0.1) is 12.4 Å². The molecule has 2 amide bonds. The second-order valence-corrected chi connectivity index (χ2v) is 21.2. The van der Waals surface area contributed by atoms with E-state index < -0.39 is 0 Å². The molecule has 8 aromatic rings. The lowest BCUT2D eigenvalue weighted by molar-refractivity contribution is 0.0704. The third-order valence-electron chi connectivity index (χ3n) is 16.3. The molecule has 0 unspecified atom stereocenters. The molecule has 12 rings (SSSR count). The normalized spacial score (nSPS) is 15.8. The molecule has 4 aromatic heterocycles. The molecule has 0 atom stereocenters. The summed E-state index contributed by atoms with van der Waals surface area (Å²) in [4.78, 5) is 61.9. The monoisotopic (exact) mass is 1060 g/mol. The van der Waals surface area contributed by atoms with Crippen LogP contribution in [0.25, 0.3) is 44.8 Å². The van der Waals surface area contributed by atoms with Crippen LogP contribution in [0.3, 0.4) is 0 Å². The van der Waals surface area contributed by atoms with Crippen molar-refractivity contribution in [3.63, 3.8) is 0 Å². The Bertz CT molecular complexity index is 3310. The number of pyridine rings is 2. The minimum atomic E-state index is 0. The molecule has 4 aliphatic heterocycles.